The summed E-state index contributed by atoms with van der Waals surface area (Å²) in [5.41, 5.74) is 6.87. The summed E-state index contributed by atoms with van der Waals surface area (Å²) in [5.74, 6) is 0.102. The smallest absolute Gasteiger partial charge is 0.256 e. The van der Waals surface area contributed by atoms with Gasteiger partial charge in [0.2, 0.25) is 0 Å². The maximum Gasteiger partial charge on any atom is 0.256 e. The second-order valence-corrected chi connectivity index (χ2v) is 3.73. The summed E-state index contributed by atoms with van der Waals surface area (Å²) >= 11 is 0. The van der Waals surface area contributed by atoms with Crippen LogP contribution in [0.3, 0.4) is 0 Å². The molecule has 0 aliphatic carbocycles. The van der Waals surface area contributed by atoms with Crippen molar-refractivity contribution in [1.29, 1.82) is 0 Å². The summed E-state index contributed by atoms with van der Waals surface area (Å²) in [5, 5.41) is 10.8. The van der Waals surface area contributed by atoms with E-state index in [0.29, 0.717) is 17.9 Å². The van der Waals surface area contributed by atoms with E-state index in [-0.39, 0.29) is 5.91 Å². The maximum atomic E-state index is 11.8. The highest BCUT2D eigenvalue weighted by Crippen LogP contribution is 2.08. The third kappa shape index (κ3) is 2.27. The van der Waals surface area contributed by atoms with Crippen molar-refractivity contribution in [1.82, 2.24) is 24.9 Å². The Hall–Kier alpha value is -2.31. The molecule has 0 saturated carbocycles. The fraction of sp³-hybridized carbons (Fsp3) is 0.300. The summed E-state index contributed by atoms with van der Waals surface area (Å²) in [6.07, 6.45) is 3.27. The van der Waals surface area contributed by atoms with Gasteiger partial charge in [-0.15, -0.1) is 0 Å². The third-order valence-corrected chi connectivity index (χ3v) is 2.43. The van der Waals surface area contributed by atoms with E-state index in [4.69, 9.17) is 5.73 Å². The molecule has 0 aliphatic rings. The fourth-order valence-corrected chi connectivity index (χ4v) is 1.45. The van der Waals surface area contributed by atoms with Crippen molar-refractivity contribution in [2.24, 2.45) is 14.1 Å². The number of hydrogen-bond acceptors (Lipinski definition) is 4. The normalized spacial score (nSPS) is 10.5. The van der Waals surface area contributed by atoms with Crippen LogP contribution in [0.25, 0.3) is 0 Å². The summed E-state index contributed by atoms with van der Waals surface area (Å²) in [6, 6.07) is 1.84. The predicted molar refractivity (Wildman–Crippen MR) is 62.0 cm³/mol. The highest BCUT2D eigenvalue weighted by Gasteiger charge is 2.13. The van der Waals surface area contributed by atoms with Gasteiger partial charge in [0.1, 0.15) is 11.4 Å². The molecule has 17 heavy (non-hydrogen) atoms. The standard InChI is InChI=1S/C10H14N6O/c1-15-4-3-7(14-15)5-12-10(17)8-6-13-16(2)9(8)11/h3-4,6H,5,11H2,1-2H3,(H,12,17). The number of rotatable bonds is 3. The van der Waals surface area contributed by atoms with E-state index in [1.807, 2.05) is 19.3 Å². The first-order valence-corrected chi connectivity index (χ1v) is 5.12. The van der Waals surface area contributed by atoms with Crippen molar-refractivity contribution in [2.45, 2.75) is 6.54 Å². The molecule has 2 heterocycles. The van der Waals surface area contributed by atoms with Crippen LogP contribution in [0.1, 0.15) is 16.1 Å². The molecule has 2 aromatic heterocycles. The van der Waals surface area contributed by atoms with E-state index < -0.39 is 0 Å². The van der Waals surface area contributed by atoms with Gasteiger partial charge >= 0.3 is 0 Å². The Balaban J connectivity index is 2.00. The van der Waals surface area contributed by atoms with Gasteiger partial charge in [-0.05, 0) is 6.07 Å². The second kappa shape index (κ2) is 4.28. The SMILES string of the molecule is Cn1ccc(CNC(=O)c2cnn(C)c2N)n1. The monoisotopic (exact) mass is 234 g/mol. The molecule has 90 valence electrons. The molecule has 0 spiro atoms. The highest BCUT2D eigenvalue weighted by atomic mass is 16.1. The molecule has 0 saturated heterocycles. The number of aromatic nitrogens is 4. The van der Waals surface area contributed by atoms with Crippen molar-refractivity contribution in [2.75, 3.05) is 5.73 Å². The Bertz CT molecular complexity index is 541. The first-order valence-electron chi connectivity index (χ1n) is 5.12. The molecule has 0 fully saturated rings. The molecule has 0 aliphatic heterocycles. The zero-order chi connectivity index (χ0) is 12.4. The number of carbonyl (C=O) groups excluding carboxylic acids is 1. The van der Waals surface area contributed by atoms with Gasteiger partial charge in [0.25, 0.3) is 5.91 Å². The Morgan fingerprint density at radius 3 is 2.82 bits per heavy atom. The lowest BCUT2D eigenvalue weighted by Gasteiger charge is -2.02. The predicted octanol–water partition coefficient (Wildman–Crippen LogP) is -0.334. The summed E-state index contributed by atoms with van der Waals surface area (Å²) < 4.78 is 3.13. The van der Waals surface area contributed by atoms with Crippen LogP contribution in [0, 0.1) is 0 Å². The van der Waals surface area contributed by atoms with Gasteiger partial charge in [-0.2, -0.15) is 10.2 Å². The number of nitrogens with one attached hydrogen (secondary N) is 1. The summed E-state index contributed by atoms with van der Waals surface area (Å²) in [7, 11) is 3.51. The zero-order valence-corrected chi connectivity index (χ0v) is 9.71. The number of aryl methyl sites for hydroxylation is 2. The van der Waals surface area contributed by atoms with Crippen molar-refractivity contribution >= 4 is 11.7 Å². The number of amides is 1. The van der Waals surface area contributed by atoms with Gasteiger partial charge in [-0.3, -0.25) is 14.2 Å². The Labute approximate surface area is 98.2 Å². The molecule has 0 aromatic carbocycles. The molecular weight excluding hydrogens is 220 g/mol. The van der Waals surface area contributed by atoms with Crippen molar-refractivity contribution in [3.63, 3.8) is 0 Å². The van der Waals surface area contributed by atoms with E-state index in [2.05, 4.69) is 15.5 Å². The molecule has 7 heteroatoms. The Morgan fingerprint density at radius 1 is 1.53 bits per heavy atom. The number of anilines is 1. The van der Waals surface area contributed by atoms with E-state index >= 15 is 0 Å². The van der Waals surface area contributed by atoms with Gasteiger partial charge in [-0.25, -0.2) is 0 Å². The number of nitrogens with zero attached hydrogens (tertiary/aromatic N) is 4. The number of nitrogens with two attached hydrogens (primary N) is 1. The van der Waals surface area contributed by atoms with Gasteiger partial charge in [-0.1, -0.05) is 0 Å². The average molecular weight is 234 g/mol. The lowest BCUT2D eigenvalue weighted by Crippen LogP contribution is -2.23. The topological polar surface area (TPSA) is 90.8 Å². The van der Waals surface area contributed by atoms with Crippen LogP contribution < -0.4 is 11.1 Å². The number of nitrogen functional groups attached to an aromatic ring is 1. The van der Waals surface area contributed by atoms with Gasteiger partial charge in [0, 0.05) is 20.3 Å². The molecule has 0 unspecified atom stereocenters. The molecule has 0 bridgehead atoms. The first kappa shape index (κ1) is 11.2. The lowest BCUT2D eigenvalue weighted by atomic mass is 10.3. The lowest BCUT2D eigenvalue weighted by molar-refractivity contribution is 0.0951. The van der Waals surface area contributed by atoms with Crippen LogP contribution in [-0.2, 0) is 20.6 Å². The highest BCUT2D eigenvalue weighted by molar-refractivity contribution is 5.98. The third-order valence-electron chi connectivity index (χ3n) is 2.43. The average Bonchev–Trinajstić information content (AvgIpc) is 2.84. The molecule has 1 amide bonds. The minimum absolute atomic E-state index is 0.249. The van der Waals surface area contributed by atoms with Crippen LogP contribution in [-0.4, -0.2) is 25.5 Å². The Morgan fingerprint density at radius 2 is 2.29 bits per heavy atom. The van der Waals surface area contributed by atoms with E-state index in [1.165, 1.54) is 10.9 Å². The van der Waals surface area contributed by atoms with Crippen LogP contribution >= 0.6 is 0 Å². The molecule has 2 rings (SSSR count). The van der Waals surface area contributed by atoms with Gasteiger partial charge in [0.15, 0.2) is 0 Å². The van der Waals surface area contributed by atoms with E-state index in [1.54, 1.807) is 11.7 Å². The molecule has 0 atom stereocenters. The van der Waals surface area contributed by atoms with Gasteiger partial charge < -0.3 is 11.1 Å². The van der Waals surface area contributed by atoms with Crippen LogP contribution in [0.2, 0.25) is 0 Å². The fourth-order valence-electron chi connectivity index (χ4n) is 1.45. The molecule has 0 radical (unpaired) electrons. The Kier molecular flexibility index (Phi) is 2.82. The molecule has 7 nitrogen and oxygen atoms in total. The minimum Gasteiger partial charge on any atom is -0.383 e. The number of carbonyl (C=O) groups is 1. The summed E-state index contributed by atoms with van der Waals surface area (Å²) in [4.78, 5) is 11.8. The molecule has 2 aromatic rings. The quantitative estimate of drug-likeness (QED) is 0.760. The first-order chi connectivity index (χ1) is 8.08. The van der Waals surface area contributed by atoms with Crippen molar-refractivity contribution in [3.8, 4) is 0 Å². The zero-order valence-electron chi connectivity index (χ0n) is 9.71. The van der Waals surface area contributed by atoms with Crippen LogP contribution in [0.15, 0.2) is 18.5 Å². The number of hydrogen-bond donors (Lipinski definition) is 2. The molecule has 3 N–H and O–H groups in total. The summed E-state index contributed by atoms with van der Waals surface area (Å²) in [6.45, 7) is 0.369. The van der Waals surface area contributed by atoms with E-state index in [9.17, 15) is 4.79 Å². The van der Waals surface area contributed by atoms with Crippen molar-refractivity contribution < 1.29 is 4.79 Å². The van der Waals surface area contributed by atoms with Crippen LogP contribution in [0.4, 0.5) is 5.82 Å². The van der Waals surface area contributed by atoms with Gasteiger partial charge in [0.05, 0.1) is 18.4 Å². The minimum atomic E-state index is -0.249. The largest absolute Gasteiger partial charge is 0.383 e. The van der Waals surface area contributed by atoms with Crippen molar-refractivity contribution in [3.05, 3.63) is 29.7 Å². The van der Waals surface area contributed by atoms with E-state index in [0.717, 1.165) is 5.69 Å². The van der Waals surface area contributed by atoms with Crippen LogP contribution in [0.5, 0.6) is 0 Å². The second-order valence-electron chi connectivity index (χ2n) is 3.73. The maximum absolute atomic E-state index is 11.8. The molecular formula is C10H14N6O.